The lowest BCUT2D eigenvalue weighted by Gasteiger charge is -2.07. The second-order valence-corrected chi connectivity index (χ2v) is 5.37. The summed E-state index contributed by atoms with van der Waals surface area (Å²) in [6.45, 7) is 0.585. The van der Waals surface area contributed by atoms with Crippen molar-refractivity contribution in [3.8, 4) is 16.2 Å². The van der Waals surface area contributed by atoms with Crippen LogP contribution in [0, 0.1) is 0 Å². The first-order chi connectivity index (χ1) is 9.76. The van der Waals surface area contributed by atoms with Gasteiger partial charge in [-0.1, -0.05) is 12.1 Å². The molecule has 0 saturated carbocycles. The molecule has 20 heavy (non-hydrogen) atoms. The van der Waals surface area contributed by atoms with Gasteiger partial charge in [0.1, 0.15) is 5.75 Å². The number of ether oxygens (including phenoxy) is 2. The minimum absolute atomic E-state index is 0.324. The molecule has 0 radical (unpaired) electrons. The van der Waals surface area contributed by atoms with Gasteiger partial charge in [-0.15, -0.1) is 22.9 Å². The molecule has 0 unspecified atom stereocenters. The summed E-state index contributed by atoms with van der Waals surface area (Å²) in [5.74, 6) is 1.03. The fraction of sp³-hybridized carbons (Fsp3) is 0.267. The molecule has 1 aromatic heterocycles. The van der Waals surface area contributed by atoms with Crippen molar-refractivity contribution in [2.45, 2.75) is 6.42 Å². The van der Waals surface area contributed by atoms with E-state index in [1.165, 1.54) is 18.4 Å². The number of carbonyl (C=O) groups excluding carboxylic acids is 1. The zero-order valence-electron chi connectivity index (χ0n) is 11.1. The zero-order chi connectivity index (χ0) is 14.4. The fourth-order valence-electron chi connectivity index (χ4n) is 1.78. The topological polar surface area (TPSA) is 35.5 Å². The maximum absolute atomic E-state index is 11.7. The molecule has 106 valence electrons. The minimum Gasteiger partial charge on any atom is -0.494 e. The van der Waals surface area contributed by atoms with E-state index >= 15 is 0 Å². The summed E-state index contributed by atoms with van der Waals surface area (Å²) in [6, 6.07) is 9.45. The van der Waals surface area contributed by atoms with E-state index < -0.39 is 0 Å². The van der Waals surface area contributed by atoms with E-state index in [4.69, 9.17) is 21.1 Å². The van der Waals surface area contributed by atoms with Crippen LogP contribution in [0.4, 0.5) is 0 Å². The first kappa shape index (κ1) is 14.9. The van der Waals surface area contributed by atoms with Gasteiger partial charge in [0.15, 0.2) is 0 Å². The van der Waals surface area contributed by atoms with Gasteiger partial charge in [0.25, 0.3) is 0 Å². The molecule has 3 nitrogen and oxygen atoms in total. The van der Waals surface area contributed by atoms with Gasteiger partial charge in [-0.3, -0.25) is 0 Å². The van der Waals surface area contributed by atoms with E-state index in [1.54, 1.807) is 6.07 Å². The molecule has 0 amide bonds. The normalized spacial score (nSPS) is 10.3. The lowest BCUT2D eigenvalue weighted by Crippen LogP contribution is -2.01. The van der Waals surface area contributed by atoms with Gasteiger partial charge in [-0.25, -0.2) is 4.79 Å². The highest BCUT2D eigenvalue weighted by Crippen LogP contribution is 2.32. The van der Waals surface area contributed by atoms with Crippen molar-refractivity contribution < 1.29 is 14.3 Å². The molecule has 2 rings (SSSR count). The molecule has 0 N–H and O–H groups in total. The average molecular weight is 311 g/mol. The molecule has 0 atom stereocenters. The number of benzene rings is 1. The number of esters is 1. The standard InChI is InChI=1S/C15H15ClO3S/c1-18-15(17)13-6-9-20-14(13)11-4-2-5-12(10-11)19-8-3-7-16/h2,4-6,9-10H,3,7-8H2,1H3. The lowest BCUT2D eigenvalue weighted by molar-refractivity contribution is 0.0602. The number of thiophene rings is 1. The van der Waals surface area contributed by atoms with E-state index in [0.717, 1.165) is 22.6 Å². The van der Waals surface area contributed by atoms with Gasteiger partial charge in [0.2, 0.25) is 0 Å². The number of carbonyl (C=O) groups is 1. The maximum atomic E-state index is 11.7. The van der Waals surface area contributed by atoms with Gasteiger partial charge in [0, 0.05) is 10.8 Å². The molecule has 0 spiro atoms. The Morgan fingerprint density at radius 1 is 1.35 bits per heavy atom. The predicted octanol–water partition coefficient (Wildman–Crippen LogP) is 4.21. The summed E-state index contributed by atoms with van der Waals surface area (Å²) in [5, 5.41) is 1.88. The zero-order valence-corrected chi connectivity index (χ0v) is 12.7. The monoisotopic (exact) mass is 310 g/mol. The Morgan fingerprint density at radius 2 is 2.20 bits per heavy atom. The first-order valence-corrected chi connectivity index (χ1v) is 7.62. The number of halogens is 1. The highest BCUT2D eigenvalue weighted by Gasteiger charge is 2.15. The van der Waals surface area contributed by atoms with Crippen LogP contribution in [0.5, 0.6) is 5.75 Å². The molecule has 0 aliphatic rings. The third-order valence-corrected chi connectivity index (χ3v) is 3.94. The minimum atomic E-state index is -0.324. The van der Waals surface area contributed by atoms with Crippen LogP contribution < -0.4 is 4.74 Å². The SMILES string of the molecule is COC(=O)c1ccsc1-c1cccc(OCCCCl)c1. The van der Waals surface area contributed by atoms with E-state index in [0.29, 0.717) is 18.1 Å². The fourth-order valence-corrected chi connectivity index (χ4v) is 2.77. The van der Waals surface area contributed by atoms with Crippen molar-refractivity contribution in [3.63, 3.8) is 0 Å². The Morgan fingerprint density at radius 3 is 2.95 bits per heavy atom. The van der Waals surface area contributed by atoms with Crippen LogP contribution in [0.3, 0.4) is 0 Å². The van der Waals surface area contributed by atoms with Crippen LogP contribution in [-0.4, -0.2) is 25.6 Å². The van der Waals surface area contributed by atoms with Crippen molar-refractivity contribution in [1.29, 1.82) is 0 Å². The smallest absolute Gasteiger partial charge is 0.339 e. The van der Waals surface area contributed by atoms with E-state index in [9.17, 15) is 4.79 Å². The Bertz CT molecular complexity index is 580. The van der Waals surface area contributed by atoms with Gasteiger partial charge < -0.3 is 9.47 Å². The summed E-state index contributed by atoms with van der Waals surface area (Å²) in [7, 11) is 1.38. The van der Waals surface area contributed by atoms with Crippen molar-refractivity contribution >= 4 is 28.9 Å². The van der Waals surface area contributed by atoms with Gasteiger partial charge in [-0.05, 0) is 35.6 Å². The number of rotatable bonds is 6. The van der Waals surface area contributed by atoms with Gasteiger partial charge in [-0.2, -0.15) is 0 Å². The third-order valence-electron chi connectivity index (χ3n) is 2.71. The molecule has 5 heteroatoms. The molecule has 0 aliphatic carbocycles. The summed E-state index contributed by atoms with van der Waals surface area (Å²) in [4.78, 5) is 12.6. The molecule has 0 fully saturated rings. The average Bonchev–Trinajstić information content (AvgIpc) is 2.96. The molecule has 1 aromatic carbocycles. The lowest BCUT2D eigenvalue weighted by atomic mass is 10.1. The number of hydrogen-bond donors (Lipinski definition) is 0. The second kappa shape index (κ2) is 7.31. The van der Waals surface area contributed by atoms with Crippen molar-refractivity contribution in [3.05, 3.63) is 41.3 Å². The van der Waals surface area contributed by atoms with Crippen molar-refractivity contribution in [1.82, 2.24) is 0 Å². The number of methoxy groups -OCH3 is 1. The molecule has 2 aromatic rings. The van der Waals surface area contributed by atoms with Crippen molar-refractivity contribution in [2.24, 2.45) is 0 Å². The van der Waals surface area contributed by atoms with Crippen LogP contribution in [0.25, 0.3) is 10.4 Å². The molecular weight excluding hydrogens is 296 g/mol. The molecule has 1 heterocycles. The van der Waals surface area contributed by atoms with Gasteiger partial charge >= 0.3 is 5.97 Å². The Balaban J connectivity index is 2.23. The highest BCUT2D eigenvalue weighted by atomic mass is 35.5. The van der Waals surface area contributed by atoms with E-state index in [1.807, 2.05) is 29.6 Å². The van der Waals surface area contributed by atoms with Crippen molar-refractivity contribution in [2.75, 3.05) is 19.6 Å². The summed E-state index contributed by atoms with van der Waals surface area (Å²) in [6.07, 6.45) is 0.804. The van der Waals surface area contributed by atoms with Crippen LogP contribution in [0.15, 0.2) is 35.7 Å². The number of alkyl halides is 1. The maximum Gasteiger partial charge on any atom is 0.339 e. The molecule has 0 bridgehead atoms. The summed E-state index contributed by atoms with van der Waals surface area (Å²) >= 11 is 7.13. The molecule has 0 saturated heterocycles. The summed E-state index contributed by atoms with van der Waals surface area (Å²) in [5.41, 5.74) is 1.53. The molecule has 0 aliphatic heterocycles. The van der Waals surface area contributed by atoms with E-state index in [-0.39, 0.29) is 5.97 Å². The third kappa shape index (κ3) is 3.52. The second-order valence-electron chi connectivity index (χ2n) is 4.07. The Hall–Kier alpha value is -1.52. The molecular formula is C15H15ClO3S. The van der Waals surface area contributed by atoms with E-state index in [2.05, 4.69) is 0 Å². The van der Waals surface area contributed by atoms with Crippen LogP contribution in [0.2, 0.25) is 0 Å². The van der Waals surface area contributed by atoms with Crippen LogP contribution in [-0.2, 0) is 4.74 Å². The highest BCUT2D eigenvalue weighted by molar-refractivity contribution is 7.14. The Labute approximate surface area is 127 Å². The van der Waals surface area contributed by atoms with Crippen LogP contribution in [0.1, 0.15) is 16.8 Å². The van der Waals surface area contributed by atoms with Gasteiger partial charge in [0.05, 0.1) is 19.3 Å². The summed E-state index contributed by atoms with van der Waals surface area (Å²) < 4.78 is 10.4. The first-order valence-electron chi connectivity index (χ1n) is 6.21. The van der Waals surface area contributed by atoms with Crippen LogP contribution >= 0.6 is 22.9 Å². The largest absolute Gasteiger partial charge is 0.494 e. The Kier molecular flexibility index (Phi) is 5.44. The quantitative estimate of drug-likeness (QED) is 0.455. The predicted molar refractivity (Wildman–Crippen MR) is 81.9 cm³/mol. The number of hydrogen-bond acceptors (Lipinski definition) is 4.